The lowest BCUT2D eigenvalue weighted by Crippen LogP contribution is -2.67. The number of rotatable bonds is 4. The fourth-order valence-corrected chi connectivity index (χ4v) is 4.09. The third-order valence-corrected chi connectivity index (χ3v) is 6.76. The van der Waals surface area contributed by atoms with E-state index in [-0.39, 0.29) is 23.5 Å². The van der Waals surface area contributed by atoms with E-state index in [9.17, 15) is 18.3 Å². The first-order valence-corrected chi connectivity index (χ1v) is 9.29. The van der Waals surface area contributed by atoms with E-state index in [4.69, 9.17) is 0 Å². The second kappa shape index (κ2) is 5.85. The van der Waals surface area contributed by atoms with Crippen molar-refractivity contribution in [2.75, 3.05) is 31.9 Å². The molecule has 122 valence electrons. The van der Waals surface area contributed by atoms with Gasteiger partial charge in [-0.25, -0.2) is 12.7 Å². The van der Waals surface area contributed by atoms with Crippen LogP contribution in [0.1, 0.15) is 33.6 Å². The summed E-state index contributed by atoms with van der Waals surface area (Å²) < 4.78 is 25.1. The summed E-state index contributed by atoms with van der Waals surface area (Å²) in [7, 11) is -3.14. The molecule has 2 aliphatic rings. The Hall–Kier alpha value is -0.660. The van der Waals surface area contributed by atoms with Gasteiger partial charge >= 0.3 is 0 Å². The SMILES string of the molecule is CCS(=O)(=O)N1CCC(C(=O)N2CC(O)(C(C)C)C2)CC1. The van der Waals surface area contributed by atoms with Crippen LogP contribution in [0, 0.1) is 11.8 Å². The molecule has 0 unspecified atom stereocenters. The number of likely N-dealkylation sites (tertiary alicyclic amines) is 1. The van der Waals surface area contributed by atoms with Gasteiger partial charge in [0.25, 0.3) is 0 Å². The van der Waals surface area contributed by atoms with Gasteiger partial charge in [0.05, 0.1) is 18.8 Å². The smallest absolute Gasteiger partial charge is 0.225 e. The number of β-amino-alcohol motifs (C(OH)–C–C–N with tert-alkyl or cyclic N) is 1. The molecule has 0 bridgehead atoms. The largest absolute Gasteiger partial charge is 0.386 e. The lowest BCUT2D eigenvalue weighted by atomic mass is 9.81. The van der Waals surface area contributed by atoms with Crippen molar-refractivity contribution >= 4 is 15.9 Å². The highest BCUT2D eigenvalue weighted by molar-refractivity contribution is 7.89. The normalized spacial score (nSPS) is 24.1. The molecule has 2 fully saturated rings. The summed E-state index contributed by atoms with van der Waals surface area (Å²) in [6, 6.07) is 0. The number of hydrogen-bond acceptors (Lipinski definition) is 4. The van der Waals surface area contributed by atoms with Gasteiger partial charge in [-0.15, -0.1) is 0 Å². The van der Waals surface area contributed by atoms with Crippen LogP contribution in [0.2, 0.25) is 0 Å². The maximum Gasteiger partial charge on any atom is 0.225 e. The first kappa shape index (κ1) is 16.7. The zero-order chi connectivity index (χ0) is 15.8. The molecule has 0 atom stereocenters. The number of nitrogens with zero attached hydrogens (tertiary/aromatic N) is 2. The quantitative estimate of drug-likeness (QED) is 0.807. The molecule has 0 radical (unpaired) electrons. The van der Waals surface area contributed by atoms with E-state index in [1.165, 1.54) is 4.31 Å². The molecule has 2 heterocycles. The molecule has 6 nitrogen and oxygen atoms in total. The van der Waals surface area contributed by atoms with Crippen LogP contribution < -0.4 is 0 Å². The Balaban J connectivity index is 1.85. The van der Waals surface area contributed by atoms with Crippen molar-refractivity contribution in [3.8, 4) is 0 Å². The van der Waals surface area contributed by atoms with Crippen LogP contribution >= 0.6 is 0 Å². The van der Waals surface area contributed by atoms with E-state index in [1.54, 1.807) is 11.8 Å². The number of piperidine rings is 1. The number of carbonyl (C=O) groups is 1. The second-order valence-electron chi connectivity index (χ2n) is 6.53. The highest BCUT2D eigenvalue weighted by atomic mass is 32.2. The first-order valence-electron chi connectivity index (χ1n) is 7.68. The molecule has 2 rings (SSSR count). The number of sulfonamides is 1. The molecule has 1 N–H and O–H groups in total. The molecule has 0 aromatic carbocycles. The van der Waals surface area contributed by atoms with Crippen LogP contribution in [0.3, 0.4) is 0 Å². The van der Waals surface area contributed by atoms with Crippen LogP contribution in [0.25, 0.3) is 0 Å². The fraction of sp³-hybridized carbons (Fsp3) is 0.929. The summed E-state index contributed by atoms with van der Waals surface area (Å²) >= 11 is 0. The third-order valence-electron chi connectivity index (χ3n) is 4.88. The van der Waals surface area contributed by atoms with E-state index in [2.05, 4.69) is 0 Å². The van der Waals surface area contributed by atoms with Gasteiger partial charge in [-0.1, -0.05) is 13.8 Å². The van der Waals surface area contributed by atoms with Gasteiger partial charge in [0, 0.05) is 19.0 Å². The minimum atomic E-state index is -3.14. The van der Waals surface area contributed by atoms with E-state index < -0.39 is 15.6 Å². The molecule has 0 aliphatic carbocycles. The predicted molar refractivity (Wildman–Crippen MR) is 80.1 cm³/mol. The van der Waals surface area contributed by atoms with Crippen molar-refractivity contribution in [2.24, 2.45) is 11.8 Å². The maximum atomic E-state index is 12.4. The Bertz CT molecular complexity index is 489. The summed E-state index contributed by atoms with van der Waals surface area (Å²) in [5.74, 6) is 0.205. The Labute approximate surface area is 127 Å². The van der Waals surface area contributed by atoms with E-state index >= 15 is 0 Å². The number of carbonyl (C=O) groups excluding carboxylic acids is 1. The standard InChI is InChI=1S/C14H26N2O4S/c1-4-21(19,20)16-7-5-12(6-8-16)13(17)15-9-14(18,10-15)11(2)3/h11-12,18H,4-10H2,1-3H3. The first-order chi connectivity index (χ1) is 9.69. The van der Waals surface area contributed by atoms with Crippen LogP contribution in [-0.4, -0.2) is 66.2 Å². The van der Waals surface area contributed by atoms with E-state index in [0.717, 1.165) is 0 Å². The predicted octanol–water partition coefficient (Wildman–Crippen LogP) is 0.277. The van der Waals surface area contributed by atoms with Crippen LogP contribution in [0.15, 0.2) is 0 Å². The molecule has 0 saturated carbocycles. The minimum absolute atomic E-state index is 0.0638. The highest BCUT2D eigenvalue weighted by Gasteiger charge is 2.47. The van der Waals surface area contributed by atoms with Gasteiger partial charge < -0.3 is 10.0 Å². The number of hydrogen-bond donors (Lipinski definition) is 1. The van der Waals surface area contributed by atoms with Crippen LogP contribution in [0.4, 0.5) is 0 Å². The Morgan fingerprint density at radius 3 is 2.24 bits per heavy atom. The second-order valence-corrected chi connectivity index (χ2v) is 8.78. The molecule has 21 heavy (non-hydrogen) atoms. The van der Waals surface area contributed by atoms with Gasteiger partial charge in [0.1, 0.15) is 5.60 Å². The van der Waals surface area contributed by atoms with Gasteiger partial charge in [-0.3, -0.25) is 4.79 Å². The summed E-state index contributed by atoms with van der Waals surface area (Å²) in [4.78, 5) is 14.1. The number of aliphatic hydroxyl groups is 1. The topological polar surface area (TPSA) is 77.9 Å². The van der Waals surface area contributed by atoms with Crippen molar-refractivity contribution in [3.05, 3.63) is 0 Å². The van der Waals surface area contributed by atoms with Crippen molar-refractivity contribution < 1.29 is 18.3 Å². The summed E-state index contributed by atoms with van der Waals surface area (Å²) in [6.07, 6.45) is 1.16. The zero-order valence-electron chi connectivity index (χ0n) is 13.1. The van der Waals surface area contributed by atoms with Crippen molar-refractivity contribution in [3.63, 3.8) is 0 Å². The molecule has 2 aliphatic heterocycles. The minimum Gasteiger partial charge on any atom is -0.386 e. The van der Waals surface area contributed by atoms with Gasteiger partial charge in [-0.05, 0) is 25.7 Å². The fourth-order valence-electron chi connectivity index (χ4n) is 2.96. The van der Waals surface area contributed by atoms with Crippen molar-refractivity contribution in [2.45, 2.75) is 39.2 Å². The average Bonchev–Trinajstić information content (AvgIpc) is 2.43. The van der Waals surface area contributed by atoms with Crippen molar-refractivity contribution in [1.82, 2.24) is 9.21 Å². The Kier molecular flexibility index (Phi) is 4.66. The zero-order valence-corrected chi connectivity index (χ0v) is 13.9. The van der Waals surface area contributed by atoms with Gasteiger partial charge in [-0.2, -0.15) is 0 Å². The van der Waals surface area contributed by atoms with Gasteiger partial charge in [0.15, 0.2) is 0 Å². The molecule has 0 aromatic rings. The van der Waals surface area contributed by atoms with Crippen molar-refractivity contribution in [1.29, 1.82) is 0 Å². The summed E-state index contributed by atoms with van der Waals surface area (Å²) in [6.45, 7) is 7.20. The Morgan fingerprint density at radius 2 is 1.81 bits per heavy atom. The van der Waals surface area contributed by atoms with E-state index in [0.29, 0.717) is 39.0 Å². The van der Waals surface area contributed by atoms with Crippen LogP contribution in [0.5, 0.6) is 0 Å². The highest BCUT2D eigenvalue weighted by Crippen LogP contribution is 2.31. The lowest BCUT2D eigenvalue weighted by Gasteiger charge is -2.50. The lowest BCUT2D eigenvalue weighted by molar-refractivity contribution is -0.168. The molecular weight excluding hydrogens is 292 g/mol. The molecule has 7 heteroatoms. The Morgan fingerprint density at radius 1 is 1.29 bits per heavy atom. The third kappa shape index (κ3) is 3.24. The summed E-state index contributed by atoms with van der Waals surface area (Å²) in [5.41, 5.74) is -0.748. The molecule has 0 aromatic heterocycles. The molecule has 0 spiro atoms. The maximum absolute atomic E-state index is 12.4. The van der Waals surface area contributed by atoms with E-state index in [1.807, 2.05) is 13.8 Å². The molecule has 2 saturated heterocycles. The molecular formula is C14H26N2O4S. The number of amides is 1. The summed E-state index contributed by atoms with van der Waals surface area (Å²) in [5, 5.41) is 10.2. The molecule has 1 amide bonds. The van der Waals surface area contributed by atoms with Crippen LogP contribution in [-0.2, 0) is 14.8 Å². The average molecular weight is 318 g/mol. The monoisotopic (exact) mass is 318 g/mol. The van der Waals surface area contributed by atoms with Gasteiger partial charge in [0.2, 0.25) is 15.9 Å².